The summed E-state index contributed by atoms with van der Waals surface area (Å²) in [4.78, 5) is 17.1. The van der Waals surface area contributed by atoms with Gasteiger partial charge in [0.25, 0.3) is 15.9 Å². The first-order chi connectivity index (χ1) is 14.8. The maximum atomic E-state index is 12.7. The molecule has 1 aromatic heterocycles. The molecule has 0 atom stereocenters. The fraction of sp³-hybridized carbons (Fsp3) is 0.0833. The molecule has 0 aliphatic carbocycles. The molecule has 0 bridgehead atoms. The van der Waals surface area contributed by atoms with E-state index in [1.54, 1.807) is 55.6 Å². The lowest BCUT2D eigenvalue weighted by Crippen LogP contribution is -2.15. The third kappa shape index (κ3) is 4.57. The number of nitrogens with zero attached hydrogens (tertiary/aromatic N) is 1. The summed E-state index contributed by atoms with van der Waals surface area (Å²) in [6.45, 7) is 3.60. The normalized spacial score (nSPS) is 11.3. The van der Waals surface area contributed by atoms with Crippen LogP contribution in [0.15, 0.2) is 83.9 Å². The zero-order chi connectivity index (χ0) is 22.0. The molecule has 1 heterocycles. The van der Waals surface area contributed by atoms with Crippen LogP contribution in [0.5, 0.6) is 0 Å². The second-order valence-corrected chi connectivity index (χ2v) is 8.97. The van der Waals surface area contributed by atoms with Crippen LogP contribution in [-0.4, -0.2) is 19.3 Å². The van der Waals surface area contributed by atoms with Crippen molar-refractivity contribution in [3.63, 3.8) is 0 Å². The first-order valence-corrected chi connectivity index (χ1v) is 11.2. The van der Waals surface area contributed by atoms with Gasteiger partial charge in [0, 0.05) is 28.5 Å². The van der Waals surface area contributed by atoms with Crippen LogP contribution in [0.1, 0.15) is 21.5 Å². The second-order valence-electron chi connectivity index (χ2n) is 7.32. The zero-order valence-corrected chi connectivity index (χ0v) is 17.9. The van der Waals surface area contributed by atoms with Gasteiger partial charge in [0.05, 0.1) is 10.4 Å². The molecular formula is C24H21N3O3S. The molecule has 0 unspecified atom stereocenters. The quantitative estimate of drug-likeness (QED) is 0.470. The topological polar surface area (TPSA) is 88.2 Å². The number of aromatic nitrogens is 1. The first kappa shape index (κ1) is 20.6. The number of rotatable bonds is 5. The molecule has 0 saturated carbocycles. The third-order valence-electron chi connectivity index (χ3n) is 4.89. The molecule has 1 amide bonds. The maximum Gasteiger partial charge on any atom is 0.262 e. The van der Waals surface area contributed by atoms with Crippen molar-refractivity contribution in [3.8, 4) is 0 Å². The van der Waals surface area contributed by atoms with Crippen molar-refractivity contribution in [1.29, 1.82) is 0 Å². The Balaban J connectivity index is 1.49. The van der Waals surface area contributed by atoms with Crippen LogP contribution in [0, 0.1) is 13.8 Å². The minimum absolute atomic E-state index is 0.236. The fourth-order valence-electron chi connectivity index (χ4n) is 3.25. The number of pyridine rings is 1. The monoisotopic (exact) mass is 431 g/mol. The predicted molar refractivity (Wildman–Crippen MR) is 123 cm³/mol. The summed E-state index contributed by atoms with van der Waals surface area (Å²) in [6.07, 6.45) is 1.72. The Morgan fingerprint density at radius 1 is 0.871 bits per heavy atom. The number of aryl methyl sites for hydroxylation is 2. The SMILES string of the molecule is Cc1ccc(C)c(S(=O)(=O)Nc2ccc(C(=O)Nc3ccc4ncccc4c3)cc2)c1. The van der Waals surface area contributed by atoms with E-state index in [9.17, 15) is 13.2 Å². The van der Waals surface area contributed by atoms with Gasteiger partial charge >= 0.3 is 0 Å². The number of hydrogen-bond acceptors (Lipinski definition) is 4. The van der Waals surface area contributed by atoms with Gasteiger partial charge in [-0.2, -0.15) is 0 Å². The summed E-state index contributed by atoms with van der Waals surface area (Å²) < 4.78 is 28.1. The Bertz CT molecular complexity index is 1380. The van der Waals surface area contributed by atoms with Gasteiger partial charge in [-0.15, -0.1) is 0 Å². The minimum Gasteiger partial charge on any atom is -0.322 e. The summed E-state index contributed by atoms with van der Waals surface area (Å²) in [7, 11) is -3.73. The molecule has 0 radical (unpaired) electrons. The number of carbonyl (C=O) groups is 1. The standard InChI is InChI=1S/C24H21N3O3S/c1-16-5-6-17(2)23(14-16)31(29,30)27-20-9-7-18(8-10-20)24(28)26-21-11-12-22-19(15-21)4-3-13-25-22/h3-15,27H,1-2H3,(H,26,28). The highest BCUT2D eigenvalue weighted by Gasteiger charge is 2.17. The van der Waals surface area contributed by atoms with E-state index in [0.717, 1.165) is 16.5 Å². The number of amides is 1. The van der Waals surface area contributed by atoms with E-state index >= 15 is 0 Å². The van der Waals surface area contributed by atoms with Crippen LogP contribution in [0.4, 0.5) is 11.4 Å². The number of hydrogen-bond donors (Lipinski definition) is 2. The molecule has 4 rings (SSSR count). The molecule has 0 aliphatic rings. The van der Waals surface area contributed by atoms with Crippen LogP contribution < -0.4 is 10.0 Å². The molecule has 0 fully saturated rings. The molecule has 2 N–H and O–H groups in total. The van der Waals surface area contributed by atoms with E-state index < -0.39 is 10.0 Å². The van der Waals surface area contributed by atoms with E-state index in [-0.39, 0.29) is 10.8 Å². The van der Waals surface area contributed by atoms with Crippen molar-refractivity contribution in [3.05, 3.63) is 95.7 Å². The molecule has 0 aliphatic heterocycles. The molecule has 7 heteroatoms. The average Bonchev–Trinajstić information content (AvgIpc) is 2.75. The van der Waals surface area contributed by atoms with Crippen molar-refractivity contribution < 1.29 is 13.2 Å². The van der Waals surface area contributed by atoms with Gasteiger partial charge in [-0.25, -0.2) is 8.42 Å². The molecule has 156 valence electrons. The lowest BCUT2D eigenvalue weighted by molar-refractivity contribution is 0.102. The van der Waals surface area contributed by atoms with Gasteiger partial charge in [0.2, 0.25) is 0 Å². The molecule has 31 heavy (non-hydrogen) atoms. The van der Waals surface area contributed by atoms with Gasteiger partial charge in [-0.05, 0) is 79.6 Å². The average molecular weight is 432 g/mol. The number of fused-ring (bicyclic) bond motifs is 1. The van der Waals surface area contributed by atoms with Crippen LogP contribution in [0.2, 0.25) is 0 Å². The number of benzene rings is 3. The Morgan fingerprint density at radius 2 is 1.61 bits per heavy atom. The lowest BCUT2D eigenvalue weighted by Gasteiger charge is -2.12. The summed E-state index contributed by atoms with van der Waals surface area (Å²) in [5, 5.41) is 3.78. The minimum atomic E-state index is -3.73. The third-order valence-corrected chi connectivity index (χ3v) is 6.42. The Kier molecular flexibility index (Phi) is 5.44. The van der Waals surface area contributed by atoms with E-state index in [1.165, 1.54) is 0 Å². The van der Waals surface area contributed by atoms with Crippen LogP contribution in [0.25, 0.3) is 10.9 Å². The molecular weight excluding hydrogens is 410 g/mol. The summed E-state index contributed by atoms with van der Waals surface area (Å²) in [5.74, 6) is -0.285. The van der Waals surface area contributed by atoms with Crippen molar-refractivity contribution in [2.75, 3.05) is 10.0 Å². The van der Waals surface area contributed by atoms with Crippen LogP contribution in [-0.2, 0) is 10.0 Å². The van der Waals surface area contributed by atoms with Crippen molar-refractivity contribution in [2.24, 2.45) is 0 Å². The van der Waals surface area contributed by atoms with E-state index in [4.69, 9.17) is 0 Å². The highest BCUT2D eigenvalue weighted by Crippen LogP contribution is 2.22. The van der Waals surface area contributed by atoms with Crippen molar-refractivity contribution in [1.82, 2.24) is 4.98 Å². The number of carbonyl (C=O) groups excluding carboxylic acids is 1. The highest BCUT2D eigenvalue weighted by molar-refractivity contribution is 7.92. The lowest BCUT2D eigenvalue weighted by atomic mass is 10.1. The van der Waals surface area contributed by atoms with Crippen molar-refractivity contribution >= 4 is 38.2 Å². The number of nitrogens with one attached hydrogen (secondary N) is 2. The summed E-state index contributed by atoms with van der Waals surface area (Å²) in [5.41, 5.74) is 3.84. The smallest absolute Gasteiger partial charge is 0.262 e. The molecule has 6 nitrogen and oxygen atoms in total. The predicted octanol–water partition coefficient (Wildman–Crippen LogP) is 4.90. The first-order valence-electron chi connectivity index (χ1n) is 9.68. The largest absolute Gasteiger partial charge is 0.322 e. The van der Waals surface area contributed by atoms with Gasteiger partial charge in [-0.1, -0.05) is 18.2 Å². The maximum absolute atomic E-state index is 12.7. The second kappa shape index (κ2) is 8.20. The molecule has 0 spiro atoms. The van der Waals surface area contributed by atoms with E-state index in [0.29, 0.717) is 22.5 Å². The highest BCUT2D eigenvalue weighted by atomic mass is 32.2. The zero-order valence-electron chi connectivity index (χ0n) is 17.1. The van der Waals surface area contributed by atoms with Gasteiger partial charge in [-0.3, -0.25) is 14.5 Å². The fourth-order valence-corrected chi connectivity index (χ4v) is 4.64. The van der Waals surface area contributed by atoms with Crippen LogP contribution in [0.3, 0.4) is 0 Å². The molecule has 4 aromatic rings. The Labute approximate surface area is 181 Å². The van der Waals surface area contributed by atoms with E-state index in [1.807, 2.05) is 37.3 Å². The summed E-state index contributed by atoms with van der Waals surface area (Å²) in [6, 6.07) is 20.8. The van der Waals surface area contributed by atoms with E-state index in [2.05, 4.69) is 15.0 Å². The van der Waals surface area contributed by atoms with Crippen molar-refractivity contribution in [2.45, 2.75) is 18.7 Å². The Hall–Kier alpha value is -3.71. The summed E-state index contributed by atoms with van der Waals surface area (Å²) >= 11 is 0. The van der Waals surface area contributed by atoms with Gasteiger partial charge in [0.15, 0.2) is 0 Å². The number of sulfonamides is 1. The van der Waals surface area contributed by atoms with Crippen LogP contribution >= 0.6 is 0 Å². The molecule has 3 aromatic carbocycles. The van der Waals surface area contributed by atoms with Gasteiger partial charge in [0.1, 0.15) is 0 Å². The number of anilines is 2. The Morgan fingerprint density at radius 3 is 2.39 bits per heavy atom. The van der Waals surface area contributed by atoms with Gasteiger partial charge < -0.3 is 5.32 Å². The molecule has 0 saturated heterocycles.